The summed E-state index contributed by atoms with van der Waals surface area (Å²) in [7, 11) is 0. The second-order valence-electron chi connectivity index (χ2n) is 14.2. The summed E-state index contributed by atoms with van der Waals surface area (Å²) < 4.78 is 6.40. The monoisotopic (exact) mass is 653 g/mol. The minimum absolute atomic E-state index is 0.0389. The van der Waals surface area contributed by atoms with Gasteiger partial charge in [0.05, 0.1) is 0 Å². The van der Waals surface area contributed by atoms with Crippen LogP contribution in [-0.4, -0.2) is 0 Å². The van der Waals surface area contributed by atoms with Crippen LogP contribution in [0.1, 0.15) is 25.0 Å². The predicted octanol–water partition coefficient (Wildman–Crippen LogP) is 13.8. The smallest absolute Gasteiger partial charge is 0.143 e. The first kappa shape index (κ1) is 29.5. The highest BCUT2D eigenvalue weighted by atomic mass is 16.3. The zero-order chi connectivity index (χ0) is 34.1. The number of anilines is 3. The van der Waals surface area contributed by atoms with Gasteiger partial charge in [-0.25, -0.2) is 0 Å². The maximum Gasteiger partial charge on any atom is 0.143 e. The van der Waals surface area contributed by atoms with E-state index in [1.807, 2.05) is 0 Å². The minimum atomic E-state index is -0.0389. The molecule has 9 aromatic rings. The van der Waals surface area contributed by atoms with Gasteiger partial charge in [0, 0.05) is 38.6 Å². The van der Waals surface area contributed by atoms with Gasteiger partial charge >= 0.3 is 0 Å². The molecule has 0 unspecified atom stereocenters. The van der Waals surface area contributed by atoms with E-state index in [0.29, 0.717) is 0 Å². The van der Waals surface area contributed by atoms with Crippen molar-refractivity contribution < 1.29 is 4.42 Å². The Morgan fingerprint density at radius 3 is 1.80 bits per heavy atom. The van der Waals surface area contributed by atoms with Gasteiger partial charge in [0.1, 0.15) is 11.2 Å². The summed E-state index contributed by atoms with van der Waals surface area (Å²) in [5.74, 6) is 0. The maximum atomic E-state index is 6.40. The van der Waals surface area contributed by atoms with Crippen LogP contribution in [0.15, 0.2) is 180 Å². The molecule has 2 nitrogen and oxygen atoms in total. The summed E-state index contributed by atoms with van der Waals surface area (Å²) in [6.45, 7) is 4.67. The van der Waals surface area contributed by atoms with Crippen LogP contribution in [0.5, 0.6) is 0 Å². The van der Waals surface area contributed by atoms with Crippen LogP contribution in [0.4, 0.5) is 17.1 Å². The summed E-state index contributed by atoms with van der Waals surface area (Å²) in [6.07, 6.45) is 0. The number of benzene rings is 8. The Kier molecular flexibility index (Phi) is 6.56. The Balaban J connectivity index is 1.07. The Labute approximate surface area is 297 Å². The molecule has 2 heteroatoms. The summed E-state index contributed by atoms with van der Waals surface area (Å²) >= 11 is 0. The molecule has 1 aromatic heterocycles. The molecule has 8 aromatic carbocycles. The second kappa shape index (κ2) is 11.3. The average molecular weight is 654 g/mol. The quantitative estimate of drug-likeness (QED) is 0.184. The minimum Gasteiger partial charge on any atom is -0.455 e. The van der Waals surface area contributed by atoms with Crippen molar-refractivity contribution in [3.05, 3.63) is 187 Å². The number of fused-ring (bicyclic) bond motifs is 8. The Bertz CT molecular complexity index is 2750. The third-order valence-electron chi connectivity index (χ3n) is 10.9. The van der Waals surface area contributed by atoms with E-state index in [4.69, 9.17) is 4.42 Å². The molecule has 0 radical (unpaired) electrons. The molecule has 0 aliphatic heterocycles. The molecular formula is C49H35NO. The van der Waals surface area contributed by atoms with Gasteiger partial charge < -0.3 is 9.32 Å². The molecule has 0 fully saturated rings. The van der Waals surface area contributed by atoms with E-state index in [-0.39, 0.29) is 5.41 Å². The molecule has 242 valence electrons. The van der Waals surface area contributed by atoms with Crippen molar-refractivity contribution in [3.8, 4) is 33.4 Å². The molecule has 0 spiro atoms. The molecule has 0 saturated carbocycles. The van der Waals surface area contributed by atoms with Gasteiger partial charge in [0.25, 0.3) is 0 Å². The first-order valence-electron chi connectivity index (χ1n) is 17.7. The Morgan fingerprint density at radius 1 is 0.412 bits per heavy atom. The molecule has 51 heavy (non-hydrogen) atoms. The van der Waals surface area contributed by atoms with Crippen LogP contribution in [0.25, 0.3) is 66.1 Å². The lowest BCUT2D eigenvalue weighted by Crippen LogP contribution is -2.15. The van der Waals surface area contributed by atoms with Crippen LogP contribution in [0, 0.1) is 0 Å². The molecule has 1 heterocycles. The summed E-state index contributed by atoms with van der Waals surface area (Å²) in [6, 6.07) is 63.7. The highest BCUT2D eigenvalue weighted by Gasteiger charge is 2.35. The molecule has 0 N–H and O–H groups in total. The van der Waals surface area contributed by atoms with Gasteiger partial charge in [-0.3, -0.25) is 0 Å². The predicted molar refractivity (Wildman–Crippen MR) is 214 cm³/mol. The number of hydrogen-bond donors (Lipinski definition) is 0. The van der Waals surface area contributed by atoms with Gasteiger partial charge in [0.2, 0.25) is 0 Å². The summed E-state index contributed by atoms with van der Waals surface area (Å²) in [5, 5.41) is 4.62. The number of nitrogens with zero attached hydrogens (tertiary/aromatic N) is 1. The fraction of sp³-hybridized carbons (Fsp3) is 0.0612. The van der Waals surface area contributed by atoms with E-state index >= 15 is 0 Å². The van der Waals surface area contributed by atoms with Gasteiger partial charge in [-0.1, -0.05) is 135 Å². The lowest BCUT2D eigenvalue weighted by atomic mass is 9.82. The topological polar surface area (TPSA) is 16.4 Å². The number of hydrogen-bond acceptors (Lipinski definition) is 2. The molecule has 1 aliphatic rings. The highest BCUT2D eigenvalue weighted by Crippen LogP contribution is 2.50. The maximum absolute atomic E-state index is 6.40. The van der Waals surface area contributed by atoms with Crippen molar-refractivity contribution in [1.29, 1.82) is 0 Å². The molecular weight excluding hydrogens is 619 g/mol. The van der Waals surface area contributed by atoms with E-state index in [0.717, 1.165) is 44.4 Å². The lowest BCUT2D eigenvalue weighted by molar-refractivity contribution is 0.660. The zero-order valence-electron chi connectivity index (χ0n) is 28.6. The normalized spacial score (nSPS) is 13.1. The van der Waals surface area contributed by atoms with Crippen LogP contribution >= 0.6 is 0 Å². The van der Waals surface area contributed by atoms with E-state index in [1.165, 1.54) is 49.9 Å². The fourth-order valence-corrected chi connectivity index (χ4v) is 8.22. The van der Waals surface area contributed by atoms with Crippen molar-refractivity contribution in [2.45, 2.75) is 19.3 Å². The SMILES string of the molecule is CC1(C)c2ccccc2-c2cc(N(c3ccc(-c4ccccc4)cc3)c3ccc(-c4ccc5oc6c7ccccc7ccc6c5c4)cc3)ccc21. The van der Waals surface area contributed by atoms with Crippen molar-refractivity contribution in [3.63, 3.8) is 0 Å². The first-order chi connectivity index (χ1) is 25.0. The van der Waals surface area contributed by atoms with E-state index in [2.05, 4.69) is 195 Å². The van der Waals surface area contributed by atoms with Gasteiger partial charge in [-0.2, -0.15) is 0 Å². The van der Waals surface area contributed by atoms with Gasteiger partial charge in [0.15, 0.2) is 0 Å². The van der Waals surface area contributed by atoms with Gasteiger partial charge in [-0.15, -0.1) is 0 Å². The summed E-state index contributed by atoms with van der Waals surface area (Å²) in [5.41, 5.74) is 15.3. The van der Waals surface area contributed by atoms with Crippen molar-refractivity contribution in [2.75, 3.05) is 4.90 Å². The van der Waals surface area contributed by atoms with Crippen LogP contribution in [-0.2, 0) is 5.41 Å². The molecule has 10 rings (SSSR count). The Morgan fingerprint density at radius 2 is 1.02 bits per heavy atom. The van der Waals surface area contributed by atoms with Crippen LogP contribution < -0.4 is 4.90 Å². The van der Waals surface area contributed by atoms with E-state index in [1.54, 1.807) is 0 Å². The van der Waals surface area contributed by atoms with Crippen molar-refractivity contribution in [1.82, 2.24) is 0 Å². The number of furan rings is 1. The molecule has 0 atom stereocenters. The van der Waals surface area contributed by atoms with Crippen molar-refractivity contribution >= 4 is 49.8 Å². The highest BCUT2D eigenvalue weighted by molar-refractivity contribution is 6.15. The third kappa shape index (κ3) is 4.71. The first-order valence-corrected chi connectivity index (χ1v) is 17.7. The summed E-state index contributed by atoms with van der Waals surface area (Å²) in [4.78, 5) is 2.38. The molecule has 0 bridgehead atoms. The van der Waals surface area contributed by atoms with Crippen molar-refractivity contribution in [2.24, 2.45) is 0 Å². The standard InChI is InChI=1S/C49H35NO/c1-49(2)45-15-9-8-14-41(45)43-31-39(26-28-46(43)49)50(37-22-16-33(17-23-37)32-10-4-3-5-11-32)38-24-18-34(19-25-38)36-21-29-47-44(30-36)42-27-20-35-12-6-7-13-40(35)48(42)51-47/h3-31H,1-2H3. The zero-order valence-corrected chi connectivity index (χ0v) is 28.6. The lowest BCUT2D eigenvalue weighted by Gasteiger charge is -2.27. The largest absolute Gasteiger partial charge is 0.455 e. The van der Waals surface area contributed by atoms with E-state index in [9.17, 15) is 0 Å². The third-order valence-corrected chi connectivity index (χ3v) is 10.9. The van der Waals surface area contributed by atoms with Gasteiger partial charge in [-0.05, 0) is 104 Å². The van der Waals surface area contributed by atoms with E-state index < -0.39 is 0 Å². The molecule has 0 amide bonds. The average Bonchev–Trinajstić information content (AvgIpc) is 3.67. The van der Waals surface area contributed by atoms with Crippen LogP contribution in [0.3, 0.4) is 0 Å². The molecule has 0 saturated heterocycles. The van der Waals surface area contributed by atoms with Crippen LogP contribution in [0.2, 0.25) is 0 Å². The fourth-order valence-electron chi connectivity index (χ4n) is 8.22. The Hall–Kier alpha value is -6.38. The second-order valence-corrected chi connectivity index (χ2v) is 14.2. The molecule has 1 aliphatic carbocycles. The number of rotatable bonds is 5.